The molecule has 1 atom stereocenters. The third-order valence-corrected chi connectivity index (χ3v) is 4.68. The van der Waals surface area contributed by atoms with Crippen molar-refractivity contribution in [1.82, 2.24) is 5.32 Å². The summed E-state index contributed by atoms with van der Waals surface area (Å²) in [4.78, 5) is 0. The summed E-state index contributed by atoms with van der Waals surface area (Å²) in [6.07, 6.45) is 3.67. The van der Waals surface area contributed by atoms with Gasteiger partial charge in [0.15, 0.2) is 0 Å². The molecule has 19 heavy (non-hydrogen) atoms. The van der Waals surface area contributed by atoms with Gasteiger partial charge in [0, 0.05) is 12.6 Å². The van der Waals surface area contributed by atoms with Crippen LogP contribution in [0.1, 0.15) is 39.2 Å². The zero-order chi connectivity index (χ0) is 14.0. The Hall–Kier alpha value is -0.410. The summed E-state index contributed by atoms with van der Waals surface area (Å²) in [6, 6.07) is 5.90. The minimum absolute atomic E-state index is 0.183. The highest BCUT2D eigenvalue weighted by Crippen LogP contribution is 2.47. The van der Waals surface area contributed by atoms with Crippen molar-refractivity contribution in [3.8, 4) is 0 Å². The van der Waals surface area contributed by atoms with E-state index < -0.39 is 0 Å². The van der Waals surface area contributed by atoms with Gasteiger partial charge in [0.25, 0.3) is 0 Å². The molecule has 1 aliphatic rings. The topological polar surface area (TPSA) is 12.0 Å². The fourth-order valence-electron chi connectivity index (χ4n) is 2.68. The molecule has 0 heterocycles. The second-order valence-electron chi connectivity index (χ2n) is 6.39. The van der Waals surface area contributed by atoms with Crippen molar-refractivity contribution in [3.05, 3.63) is 34.1 Å². The van der Waals surface area contributed by atoms with E-state index in [0.717, 1.165) is 18.9 Å². The van der Waals surface area contributed by atoms with Crippen LogP contribution in [0.4, 0.5) is 4.39 Å². The maximum absolute atomic E-state index is 13.3. The third-order valence-electron chi connectivity index (χ3n) is 4.07. The number of halogens is 2. The van der Waals surface area contributed by atoms with Crippen molar-refractivity contribution < 1.29 is 4.39 Å². The zero-order valence-corrected chi connectivity index (χ0v) is 13.6. The number of nitrogens with one attached hydrogen (secondary N) is 1. The van der Waals surface area contributed by atoms with Gasteiger partial charge in [-0.2, -0.15) is 0 Å². The monoisotopic (exact) mass is 327 g/mol. The number of rotatable bonds is 6. The average Bonchev–Trinajstić information content (AvgIpc) is 3.16. The van der Waals surface area contributed by atoms with Gasteiger partial charge in [-0.1, -0.05) is 26.8 Å². The molecule has 1 aliphatic carbocycles. The zero-order valence-electron chi connectivity index (χ0n) is 12.0. The molecule has 0 amide bonds. The summed E-state index contributed by atoms with van der Waals surface area (Å²) >= 11 is 3.28. The molecule has 1 nitrogen and oxygen atoms in total. The van der Waals surface area contributed by atoms with Crippen LogP contribution in [0.25, 0.3) is 0 Å². The second kappa shape index (κ2) is 5.92. The normalized spacial score (nSPS) is 18.6. The summed E-state index contributed by atoms with van der Waals surface area (Å²) < 4.78 is 13.9. The molecule has 1 aromatic carbocycles. The Morgan fingerprint density at radius 1 is 1.42 bits per heavy atom. The van der Waals surface area contributed by atoms with E-state index in [1.165, 1.54) is 18.4 Å². The van der Waals surface area contributed by atoms with Crippen molar-refractivity contribution in [2.45, 2.75) is 46.1 Å². The first-order valence-corrected chi connectivity index (χ1v) is 7.87. The third kappa shape index (κ3) is 4.03. The largest absolute Gasteiger partial charge is 0.314 e. The predicted octanol–water partition coefficient (Wildman–Crippen LogP) is 4.55. The highest BCUT2D eigenvalue weighted by Gasteiger charge is 2.41. The Bertz CT molecular complexity index is 442. The van der Waals surface area contributed by atoms with Gasteiger partial charge >= 0.3 is 0 Å². The lowest BCUT2D eigenvalue weighted by molar-refractivity contribution is 0.248. The van der Waals surface area contributed by atoms with E-state index in [-0.39, 0.29) is 11.2 Å². The maximum Gasteiger partial charge on any atom is 0.137 e. The molecule has 1 unspecified atom stereocenters. The lowest BCUT2D eigenvalue weighted by Crippen LogP contribution is -2.38. The fraction of sp³-hybridized carbons (Fsp3) is 0.625. The van der Waals surface area contributed by atoms with Gasteiger partial charge in [-0.25, -0.2) is 4.39 Å². The highest BCUT2D eigenvalue weighted by molar-refractivity contribution is 9.10. The number of hydrogen-bond donors (Lipinski definition) is 1. The summed E-state index contributed by atoms with van der Waals surface area (Å²) in [7, 11) is 0. The first-order chi connectivity index (χ1) is 8.90. The van der Waals surface area contributed by atoms with Crippen LogP contribution in [0.2, 0.25) is 0 Å². The SMILES string of the molecule is CC(C)NCC(C)(Cc1ccc(F)c(Br)c1)C1CC1. The highest BCUT2D eigenvalue weighted by atomic mass is 79.9. The molecule has 1 aromatic rings. The van der Waals surface area contributed by atoms with Gasteiger partial charge in [0.2, 0.25) is 0 Å². The minimum atomic E-state index is -0.183. The first-order valence-electron chi connectivity index (χ1n) is 7.08. The van der Waals surface area contributed by atoms with Gasteiger partial charge in [0.05, 0.1) is 4.47 Å². The maximum atomic E-state index is 13.3. The average molecular weight is 328 g/mol. The van der Waals surface area contributed by atoms with Crippen LogP contribution in [0.15, 0.2) is 22.7 Å². The van der Waals surface area contributed by atoms with Crippen LogP contribution >= 0.6 is 15.9 Å². The van der Waals surface area contributed by atoms with Gasteiger partial charge < -0.3 is 5.32 Å². The predicted molar refractivity (Wildman–Crippen MR) is 81.8 cm³/mol. The Kier molecular flexibility index (Phi) is 4.67. The quantitative estimate of drug-likeness (QED) is 0.808. The smallest absolute Gasteiger partial charge is 0.137 e. The lowest BCUT2D eigenvalue weighted by atomic mass is 9.78. The van der Waals surface area contributed by atoms with Gasteiger partial charge in [-0.3, -0.25) is 0 Å². The van der Waals surface area contributed by atoms with Crippen molar-refractivity contribution >= 4 is 15.9 Å². The molecule has 0 spiro atoms. The molecule has 0 radical (unpaired) electrons. The first kappa shape index (κ1) is 15.0. The minimum Gasteiger partial charge on any atom is -0.314 e. The molecule has 0 aliphatic heterocycles. The molecule has 1 saturated carbocycles. The van der Waals surface area contributed by atoms with Gasteiger partial charge in [-0.15, -0.1) is 0 Å². The Morgan fingerprint density at radius 3 is 2.63 bits per heavy atom. The van der Waals surface area contributed by atoms with Gasteiger partial charge in [-0.05, 0) is 64.2 Å². The molecular weight excluding hydrogens is 305 g/mol. The van der Waals surface area contributed by atoms with Crippen molar-refractivity contribution in [1.29, 1.82) is 0 Å². The summed E-state index contributed by atoms with van der Waals surface area (Å²) in [5.74, 6) is 0.625. The number of hydrogen-bond acceptors (Lipinski definition) is 1. The number of benzene rings is 1. The van der Waals surface area contributed by atoms with E-state index in [1.807, 2.05) is 12.1 Å². The van der Waals surface area contributed by atoms with Crippen molar-refractivity contribution in [2.75, 3.05) is 6.54 Å². The second-order valence-corrected chi connectivity index (χ2v) is 7.24. The van der Waals surface area contributed by atoms with Crippen LogP contribution in [-0.2, 0) is 6.42 Å². The van der Waals surface area contributed by atoms with E-state index in [1.54, 1.807) is 6.07 Å². The molecule has 3 heteroatoms. The van der Waals surface area contributed by atoms with E-state index in [0.29, 0.717) is 10.5 Å². The molecule has 1 N–H and O–H groups in total. The van der Waals surface area contributed by atoms with E-state index in [2.05, 4.69) is 42.0 Å². The molecule has 0 aromatic heterocycles. The van der Waals surface area contributed by atoms with Crippen molar-refractivity contribution in [3.63, 3.8) is 0 Å². The Balaban J connectivity index is 2.09. The molecule has 2 rings (SSSR count). The summed E-state index contributed by atoms with van der Waals surface area (Å²) in [6.45, 7) is 7.76. The lowest BCUT2D eigenvalue weighted by Gasteiger charge is -2.31. The molecule has 0 saturated heterocycles. The summed E-state index contributed by atoms with van der Waals surface area (Å²) in [5.41, 5.74) is 1.50. The van der Waals surface area contributed by atoms with Crippen molar-refractivity contribution in [2.24, 2.45) is 11.3 Å². The van der Waals surface area contributed by atoms with Crippen LogP contribution < -0.4 is 5.32 Å². The fourth-order valence-corrected chi connectivity index (χ4v) is 3.11. The Morgan fingerprint density at radius 2 is 2.11 bits per heavy atom. The molecule has 106 valence electrons. The van der Waals surface area contributed by atoms with Gasteiger partial charge in [0.1, 0.15) is 5.82 Å². The Labute approximate surface area is 124 Å². The summed E-state index contributed by atoms with van der Waals surface area (Å²) in [5, 5.41) is 3.57. The van der Waals surface area contributed by atoms with E-state index in [9.17, 15) is 4.39 Å². The molecular formula is C16H23BrFN. The van der Waals surface area contributed by atoms with E-state index in [4.69, 9.17) is 0 Å². The standard InChI is InChI=1S/C16H23BrFN/c1-11(2)19-10-16(3,13-5-6-13)9-12-4-7-15(18)14(17)8-12/h4,7-8,11,13,19H,5-6,9-10H2,1-3H3. The molecule has 0 bridgehead atoms. The van der Waals surface area contributed by atoms with E-state index >= 15 is 0 Å². The van der Waals surface area contributed by atoms with Crippen LogP contribution in [0, 0.1) is 17.2 Å². The van der Waals surface area contributed by atoms with Crippen LogP contribution in [0.3, 0.4) is 0 Å². The van der Waals surface area contributed by atoms with Crippen LogP contribution in [-0.4, -0.2) is 12.6 Å². The van der Waals surface area contributed by atoms with Crippen LogP contribution in [0.5, 0.6) is 0 Å². The molecule has 1 fully saturated rings.